The molecule has 94 heavy (non-hydrogen) atoms. The predicted molar refractivity (Wildman–Crippen MR) is 331 cm³/mol. The molecule has 0 bridgehead atoms. The number of phenolic OH excluding ortho intramolecular Hbond substituents is 1. The summed E-state index contributed by atoms with van der Waals surface area (Å²) in [6.07, 6.45) is 0. The monoisotopic (exact) mass is 1430 g/mol. The Bertz CT molecular complexity index is 5180. The van der Waals surface area contributed by atoms with Gasteiger partial charge >= 0.3 is 0 Å². The maximum Gasteiger partial charge on any atom is 0.297 e. The summed E-state index contributed by atoms with van der Waals surface area (Å²) in [5.41, 5.74) is 0.595. The predicted octanol–water partition coefficient (Wildman–Crippen LogP) is 6.72. The van der Waals surface area contributed by atoms with E-state index in [1.807, 2.05) is 4.90 Å². The summed E-state index contributed by atoms with van der Waals surface area (Å²) >= 11 is 12.5. The molecule has 1 amide bonds. The Morgan fingerprint density at radius 2 is 1.16 bits per heavy atom. The maximum absolute atomic E-state index is 13.2. The van der Waals surface area contributed by atoms with Crippen LogP contribution in [0.25, 0.3) is 10.8 Å². The molecule has 0 atom stereocenters. The van der Waals surface area contributed by atoms with Crippen molar-refractivity contribution in [3.63, 3.8) is 0 Å². The molecule has 1 saturated heterocycles. The lowest BCUT2D eigenvalue weighted by molar-refractivity contribution is 0.0997. The van der Waals surface area contributed by atoms with Crippen LogP contribution >= 0.6 is 23.2 Å². The van der Waals surface area contributed by atoms with Gasteiger partial charge in [0.05, 0.1) is 22.0 Å². The first-order chi connectivity index (χ1) is 44.0. The summed E-state index contributed by atoms with van der Waals surface area (Å²) in [6.45, 7) is 4.66. The second-order valence-electron chi connectivity index (χ2n) is 19.5. The van der Waals surface area contributed by atoms with Crippen LogP contribution in [0, 0.1) is 6.92 Å². The minimum Gasteiger partial charge on any atom is -0.505 e. The van der Waals surface area contributed by atoms with Crippen molar-refractivity contribution in [1.29, 1.82) is 0 Å². The Balaban J connectivity index is 0.872. The molecular weight excluding hydrogens is 1390 g/mol. The highest BCUT2D eigenvalue weighted by atomic mass is 35.5. The van der Waals surface area contributed by atoms with Crippen LogP contribution in [0.3, 0.4) is 0 Å². The highest BCUT2D eigenvalue weighted by molar-refractivity contribution is 7.87. The number of hydrogen-bond donors (Lipinski definition) is 11. The summed E-state index contributed by atoms with van der Waals surface area (Å²) in [5.74, 6) is -3.55. The van der Waals surface area contributed by atoms with Gasteiger partial charge < -0.3 is 36.8 Å². The molecule has 0 spiro atoms. The fourth-order valence-electron chi connectivity index (χ4n) is 9.08. The number of aromatic nitrogens is 7. The zero-order chi connectivity index (χ0) is 68.6. The molecule has 1 aliphatic heterocycles. The number of halogens is 2. The van der Waals surface area contributed by atoms with Gasteiger partial charge in [-0.15, -0.1) is 20.5 Å². The highest BCUT2D eigenvalue weighted by Gasteiger charge is 2.30. The summed E-state index contributed by atoms with van der Waals surface area (Å²) < 4.78 is 176. The molecule has 3 aromatic heterocycles. The average Bonchev–Trinajstić information content (AvgIpc) is 0.745. The third-order valence-electron chi connectivity index (χ3n) is 13.4. The van der Waals surface area contributed by atoms with Gasteiger partial charge in [0.1, 0.15) is 47.9 Å². The van der Waals surface area contributed by atoms with E-state index < -0.39 is 148 Å². The SMILES string of the molecule is CCn1c(O)c(/N=N/c2ccc(Nc3nc(Cl)nc(NCCN4CCN(c5nc(Cl)nc(Nc6ccc7c(O)c(/N=N/c8ccc(/N=N/c9ccc(S(=O)(=O)O)cc9)cc8S(=O)(=O)O)c(S(=O)(=O)O)cc7c6S(=O)(=O)O)n5)CC4)n3)cc2S(=O)(=O)O)c(C)c(C(N)=O)c1=O. The standard InChI is InChI=1S/C49H45Cl2N19O19S5/c1-3-70-42(73)36(41(52)72)23(2)37(43(70)74)66-64-30-11-6-25(20-33(30)91(78,79)80)54-47-57-44(50)56-46(60-47)53-14-15-68-16-18-69(19-17-68)49-59-45(51)58-48(61-49)55-32-13-10-28-29(40(32)94(87,88)89)22-35(93(84,85)86)38(39(28)71)67-65-31-12-7-26(21-34(31)92(81,82)83)63-62-24-4-8-27(9-5-24)90(75,76)77/h4-13,20-22,71,74H,3,14-19H2,1-2H3,(H2,52,72)(H,75,76,77)(H,78,79,80)(H,81,82,83)(H,84,85,86)(H,87,88,89)(H,55,58,59,61)(H2,53,54,56,57,60)/b63-62+,66-64+,67-65+. The minimum atomic E-state index is -5.53. The Morgan fingerprint density at radius 1 is 0.596 bits per heavy atom. The number of fused-ring (bicyclic) bond motifs is 1. The Morgan fingerprint density at radius 3 is 1.76 bits per heavy atom. The number of nitrogens with two attached hydrogens (primary N) is 1. The maximum atomic E-state index is 13.2. The third-order valence-corrected chi connectivity index (χ3v) is 18.2. The third kappa shape index (κ3) is 15.8. The quantitative estimate of drug-likeness (QED) is 0.0248. The lowest BCUT2D eigenvalue weighted by atomic mass is 10.1. The van der Waals surface area contributed by atoms with Gasteiger partial charge in [-0.05, 0) is 116 Å². The van der Waals surface area contributed by atoms with Crippen LogP contribution in [0.4, 0.5) is 69.3 Å². The van der Waals surface area contributed by atoms with Gasteiger partial charge in [-0.3, -0.25) is 41.8 Å². The zero-order valence-corrected chi connectivity index (χ0v) is 53.2. The Hall–Kier alpha value is -9.51. The van der Waals surface area contributed by atoms with E-state index in [1.54, 1.807) is 4.90 Å². The van der Waals surface area contributed by atoms with Crippen LogP contribution in [0.2, 0.25) is 10.6 Å². The second kappa shape index (κ2) is 26.8. The van der Waals surface area contributed by atoms with Gasteiger partial charge in [-0.1, -0.05) is 0 Å². The number of carbonyl (C=O) groups is 1. The molecule has 1 fully saturated rings. The average molecular weight is 1440 g/mol. The van der Waals surface area contributed by atoms with Crippen LogP contribution in [-0.2, 0) is 57.1 Å². The van der Waals surface area contributed by atoms with E-state index >= 15 is 0 Å². The number of nitrogens with zero attached hydrogens (tertiary/aromatic N) is 15. The lowest BCUT2D eigenvalue weighted by Crippen LogP contribution is -2.48. The largest absolute Gasteiger partial charge is 0.505 e. The molecule has 1 aliphatic rings. The Labute approximate surface area is 539 Å². The van der Waals surface area contributed by atoms with Crippen molar-refractivity contribution in [3.05, 3.63) is 111 Å². The van der Waals surface area contributed by atoms with Crippen molar-refractivity contribution < 1.29 is 79.9 Å². The molecule has 494 valence electrons. The molecule has 8 aromatic rings. The lowest BCUT2D eigenvalue weighted by Gasteiger charge is -2.34. The number of anilines is 6. The number of nitrogens with one attached hydrogen (secondary N) is 3. The van der Waals surface area contributed by atoms with E-state index in [4.69, 9.17) is 28.9 Å². The molecular formula is C49H45Cl2N19O19S5. The number of primary amides is 1. The topological polar surface area (TPSA) is 571 Å². The molecule has 9 rings (SSSR count). The summed E-state index contributed by atoms with van der Waals surface area (Å²) in [6, 6.07) is 13.0. The van der Waals surface area contributed by atoms with Crippen molar-refractivity contribution in [3.8, 4) is 11.6 Å². The van der Waals surface area contributed by atoms with E-state index in [2.05, 4.69) is 76.5 Å². The van der Waals surface area contributed by atoms with Crippen LogP contribution in [0.5, 0.6) is 11.6 Å². The number of phenols is 1. The first-order valence-electron chi connectivity index (χ1n) is 26.2. The zero-order valence-electron chi connectivity index (χ0n) is 47.6. The van der Waals surface area contributed by atoms with Crippen LogP contribution in [0.15, 0.2) is 139 Å². The summed E-state index contributed by atoms with van der Waals surface area (Å²) in [4.78, 5) is 48.8. The van der Waals surface area contributed by atoms with Crippen molar-refractivity contribution in [2.24, 2.45) is 36.4 Å². The van der Waals surface area contributed by atoms with Gasteiger partial charge in [-0.25, -0.2) is 0 Å². The fourth-order valence-corrected chi connectivity index (χ4v) is 12.7. The van der Waals surface area contributed by atoms with E-state index in [1.165, 1.54) is 19.9 Å². The first-order valence-corrected chi connectivity index (χ1v) is 34.1. The number of benzene rings is 5. The molecule has 0 unspecified atom stereocenters. The molecule has 5 aromatic carbocycles. The van der Waals surface area contributed by atoms with E-state index in [0.29, 0.717) is 25.7 Å². The Kier molecular flexibility index (Phi) is 19.7. The van der Waals surface area contributed by atoms with Gasteiger partial charge in [-0.2, -0.15) is 82.2 Å². The number of aromatic hydroxyl groups is 2. The molecule has 0 radical (unpaired) electrons. The number of amides is 1. The summed E-state index contributed by atoms with van der Waals surface area (Å²) in [5, 5.41) is 51.4. The molecule has 0 aliphatic carbocycles. The second-order valence-corrected chi connectivity index (χ2v) is 27.1. The van der Waals surface area contributed by atoms with Crippen LogP contribution < -0.4 is 32.1 Å². The van der Waals surface area contributed by atoms with Crippen molar-refractivity contribution >= 4 is 160 Å². The number of hydrogen-bond acceptors (Lipinski definition) is 31. The van der Waals surface area contributed by atoms with Gasteiger partial charge in [0, 0.05) is 67.8 Å². The van der Waals surface area contributed by atoms with E-state index in [0.717, 1.165) is 71.3 Å². The van der Waals surface area contributed by atoms with E-state index in [9.17, 15) is 84.7 Å². The molecule has 12 N–H and O–H groups in total. The minimum absolute atomic E-state index is 0.00633. The van der Waals surface area contributed by atoms with Crippen molar-refractivity contribution in [2.45, 2.75) is 44.9 Å². The van der Waals surface area contributed by atoms with Crippen LogP contribution in [0.1, 0.15) is 22.8 Å². The number of piperazine rings is 1. The normalized spacial score (nSPS) is 13.8. The van der Waals surface area contributed by atoms with Crippen molar-refractivity contribution in [2.75, 3.05) is 60.1 Å². The molecule has 45 heteroatoms. The number of azo groups is 3. The smallest absolute Gasteiger partial charge is 0.297 e. The van der Waals surface area contributed by atoms with Gasteiger partial charge in [0.2, 0.25) is 40.2 Å². The van der Waals surface area contributed by atoms with Gasteiger partial charge in [0.25, 0.3) is 62.1 Å². The summed E-state index contributed by atoms with van der Waals surface area (Å²) in [7, 11) is -25.7. The molecule has 38 nitrogen and oxygen atoms in total. The van der Waals surface area contributed by atoms with Crippen molar-refractivity contribution in [1.82, 2.24) is 39.4 Å². The molecule has 4 heterocycles. The highest BCUT2D eigenvalue weighted by Crippen LogP contribution is 2.46. The molecule has 0 saturated carbocycles. The number of pyridine rings is 1. The van der Waals surface area contributed by atoms with Crippen LogP contribution in [-0.4, -0.2) is 160 Å². The number of carbonyl (C=O) groups excluding carboxylic acids is 1. The van der Waals surface area contributed by atoms with E-state index in [-0.39, 0.29) is 77.6 Å². The number of rotatable bonds is 22. The first kappa shape index (κ1) is 68.8. The van der Waals surface area contributed by atoms with Gasteiger partial charge in [0.15, 0.2) is 5.75 Å². The fraction of sp³-hybridized carbons (Fsp3) is 0.184.